The fraction of sp³-hybridized carbons (Fsp3) is 0.136. The molecule has 0 bridgehead atoms. The first-order chi connectivity index (χ1) is 13.8. The van der Waals surface area contributed by atoms with Gasteiger partial charge in [0, 0.05) is 12.0 Å². The summed E-state index contributed by atoms with van der Waals surface area (Å²) in [4.78, 5) is 13.1. The molecule has 0 saturated heterocycles. The van der Waals surface area contributed by atoms with E-state index >= 15 is 0 Å². The number of aromatic nitrogens is 3. The summed E-state index contributed by atoms with van der Waals surface area (Å²) in [5.41, 5.74) is 3.30. The minimum Gasteiger partial charge on any atom is -0.454 e. The van der Waals surface area contributed by atoms with Crippen LogP contribution in [0.2, 0.25) is 0 Å². The Morgan fingerprint density at radius 3 is 2.64 bits per heavy atom. The van der Waals surface area contributed by atoms with Crippen molar-refractivity contribution < 1.29 is 14.3 Å². The number of carbonyl (C=O) groups is 1. The van der Waals surface area contributed by atoms with E-state index in [-0.39, 0.29) is 25.0 Å². The van der Waals surface area contributed by atoms with E-state index in [4.69, 9.17) is 9.47 Å². The lowest BCUT2D eigenvalue weighted by atomic mass is 9.97. The number of hydrogen-bond donors (Lipinski definition) is 0. The first-order valence-electron chi connectivity index (χ1n) is 9.07. The third-order valence-electron chi connectivity index (χ3n) is 4.93. The van der Waals surface area contributed by atoms with Gasteiger partial charge < -0.3 is 9.47 Å². The molecule has 0 amide bonds. The van der Waals surface area contributed by atoms with Crippen molar-refractivity contribution in [1.29, 1.82) is 0 Å². The van der Waals surface area contributed by atoms with Gasteiger partial charge in [-0.25, -0.2) is 4.68 Å². The van der Waals surface area contributed by atoms with Gasteiger partial charge in [0.05, 0.1) is 11.6 Å². The molecule has 1 atom stereocenters. The van der Waals surface area contributed by atoms with Gasteiger partial charge in [0.25, 0.3) is 0 Å². The third kappa shape index (κ3) is 2.89. The SMILES string of the molecule is O=C(CC(c1ccccc1)n1nnc2ccccc21)c1ccc2c(c1)OCO2. The minimum atomic E-state index is -0.258. The molecule has 0 N–H and O–H groups in total. The lowest BCUT2D eigenvalue weighted by Crippen LogP contribution is -2.17. The number of ether oxygens (including phenoxy) is 2. The first kappa shape index (κ1) is 16.5. The molecule has 1 unspecified atom stereocenters. The predicted octanol–water partition coefficient (Wildman–Crippen LogP) is 4.02. The number of hydrogen-bond acceptors (Lipinski definition) is 5. The van der Waals surface area contributed by atoms with Crippen molar-refractivity contribution in [3.05, 3.63) is 83.9 Å². The van der Waals surface area contributed by atoms with Crippen LogP contribution in [0.4, 0.5) is 0 Å². The van der Waals surface area contributed by atoms with Crippen molar-refractivity contribution in [1.82, 2.24) is 15.0 Å². The van der Waals surface area contributed by atoms with Gasteiger partial charge in [-0.05, 0) is 35.9 Å². The van der Waals surface area contributed by atoms with Gasteiger partial charge in [-0.1, -0.05) is 47.7 Å². The molecule has 4 aromatic rings. The number of nitrogens with zero attached hydrogens (tertiary/aromatic N) is 3. The minimum absolute atomic E-state index is 0.00624. The Morgan fingerprint density at radius 2 is 1.75 bits per heavy atom. The molecular formula is C22H17N3O3. The molecule has 5 rings (SSSR count). The first-order valence-corrected chi connectivity index (χ1v) is 9.07. The molecule has 0 saturated carbocycles. The Bertz CT molecular complexity index is 1150. The van der Waals surface area contributed by atoms with Gasteiger partial charge in [-0.2, -0.15) is 0 Å². The smallest absolute Gasteiger partial charge is 0.231 e. The van der Waals surface area contributed by atoms with E-state index in [1.54, 1.807) is 18.2 Å². The highest BCUT2D eigenvalue weighted by Gasteiger charge is 2.23. The Morgan fingerprint density at radius 1 is 0.964 bits per heavy atom. The van der Waals surface area contributed by atoms with Crippen LogP contribution in [0, 0.1) is 0 Å². The van der Waals surface area contributed by atoms with Crippen LogP contribution >= 0.6 is 0 Å². The van der Waals surface area contributed by atoms with Crippen molar-refractivity contribution in [3.8, 4) is 11.5 Å². The topological polar surface area (TPSA) is 66.2 Å². The highest BCUT2D eigenvalue weighted by Crippen LogP contribution is 2.34. The van der Waals surface area contributed by atoms with E-state index in [2.05, 4.69) is 10.3 Å². The van der Waals surface area contributed by atoms with Gasteiger partial charge in [0.15, 0.2) is 17.3 Å². The number of carbonyl (C=O) groups excluding carboxylic acids is 1. The average Bonchev–Trinajstić information content (AvgIpc) is 3.39. The van der Waals surface area contributed by atoms with Gasteiger partial charge in [-0.15, -0.1) is 5.10 Å². The maximum absolute atomic E-state index is 13.1. The van der Waals surface area contributed by atoms with Crippen LogP contribution in [0.1, 0.15) is 28.4 Å². The molecule has 2 heterocycles. The summed E-state index contributed by atoms with van der Waals surface area (Å²) < 4.78 is 12.6. The zero-order valence-corrected chi connectivity index (χ0v) is 15.0. The second-order valence-corrected chi connectivity index (χ2v) is 6.64. The molecule has 0 spiro atoms. The molecular weight excluding hydrogens is 354 g/mol. The number of benzene rings is 3. The zero-order valence-electron chi connectivity index (χ0n) is 15.0. The molecule has 1 aliphatic heterocycles. The van der Waals surface area contributed by atoms with E-state index in [0.717, 1.165) is 16.6 Å². The van der Waals surface area contributed by atoms with Crippen LogP contribution in [0.3, 0.4) is 0 Å². The average molecular weight is 371 g/mol. The highest BCUT2D eigenvalue weighted by atomic mass is 16.7. The summed E-state index contributed by atoms with van der Waals surface area (Å²) in [6.45, 7) is 0.185. The van der Waals surface area contributed by atoms with Gasteiger partial charge in [0.1, 0.15) is 5.52 Å². The maximum Gasteiger partial charge on any atom is 0.231 e. The summed E-state index contributed by atoms with van der Waals surface area (Å²) >= 11 is 0. The van der Waals surface area contributed by atoms with E-state index in [9.17, 15) is 4.79 Å². The molecule has 28 heavy (non-hydrogen) atoms. The van der Waals surface area contributed by atoms with Gasteiger partial charge in [0.2, 0.25) is 6.79 Å². The van der Waals surface area contributed by atoms with Crippen LogP contribution in [-0.4, -0.2) is 27.6 Å². The van der Waals surface area contributed by atoms with Crippen LogP contribution in [0.15, 0.2) is 72.8 Å². The van der Waals surface area contributed by atoms with E-state index in [1.807, 2.05) is 59.3 Å². The molecule has 1 aromatic heterocycles. The van der Waals surface area contributed by atoms with E-state index in [0.29, 0.717) is 17.1 Å². The largest absolute Gasteiger partial charge is 0.454 e. The molecule has 1 aliphatic rings. The summed E-state index contributed by atoms with van der Waals surface area (Å²) in [6.07, 6.45) is 0.261. The van der Waals surface area contributed by atoms with Gasteiger partial charge >= 0.3 is 0 Å². The van der Waals surface area contributed by atoms with Crippen LogP contribution < -0.4 is 9.47 Å². The predicted molar refractivity (Wildman–Crippen MR) is 104 cm³/mol. The van der Waals surface area contributed by atoms with E-state index < -0.39 is 0 Å². The molecule has 138 valence electrons. The van der Waals surface area contributed by atoms with Crippen molar-refractivity contribution in [3.63, 3.8) is 0 Å². The molecule has 6 heteroatoms. The number of rotatable bonds is 5. The second kappa shape index (κ2) is 6.81. The number of Topliss-reactive ketones (excluding diaryl/α,β-unsaturated/α-hetero) is 1. The zero-order chi connectivity index (χ0) is 18.9. The van der Waals surface area contributed by atoms with Crippen molar-refractivity contribution in [2.24, 2.45) is 0 Å². The normalized spacial score (nSPS) is 13.6. The Labute approximate surface area is 161 Å². The number of ketones is 1. The fourth-order valence-corrected chi connectivity index (χ4v) is 3.50. The number of fused-ring (bicyclic) bond motifs is 2. The van der Waals surface area contributed by atoms with Crippen LogP contribution in [0.25, 0.3) is 11.0 Å². The summed E-state index contributed by atoms with van der Waals surface area (Å²) in [5.74, 6) is 1.28. The van der Waals surface area contributed by atoms with Crippen LogP contribution in [-0.2, 0) is 0 Å². The lowest BCUT2D eigenvalue weighted by molar-refractivity contribution is 0.0967. The molecule has 0 fully saturated rings. The molecule has 0 aliphatic carbocycles. The van der Waals surface area contributed by atoms with Crippen molar-refractivity contribution in [2.75, 3.05) is 6.79 Å². The standard InChI is InChI=1S/C22H17N3O3/c26-20(16-10-11-21-22(12-16)28-14-27-21)13-19(15-6-2-1-3-7-15)25-18-9-5-4-8-17(18)23-24-25/h1-12,19H,13-14H2. The quantitative estimate of drug-likeness (QED) is 0.496. The summed E-state index contributed by atoms with van der Waals surface area (Å²) in [7, 11) is 0. The Balaban J connectivity index is 1.53. The molecule has 6 nitrogen and oxygen atoms in total. The second-order valence-electron chi connectivity index (χ2n) is 6.64. The highest BCUT2D eigenvalue weighted by molar-refractivity contribution is 5.97. The lowest BCUT2D eigenvalue weighted by Gasteiger charge is -2.18. The maximum atomic E-state index is 13.1. The third-order valence-corrected chi connectivity index (χ3v) is 4.93. The summed E-state index contributed by atoms with van der Waals surface area (Å²) in [5, 5.41) is 8.60. The van der Waals surface area contributed by atoms with Crippen LogP contribution in [0.5, 0.6) is 11.5 Å². The summed E-state index contributed by atoms with van der Waals surface area (Å²) in [6, 6.07) is 22.7. The Kier molecular flexibility index (Phi) is 4.01. The van der Waals surface area contributed by atoms with Crippen molar-refractivity contribution >= 4 is 16.8 Å². The molecule has 3 aromatic carbocycles. The number of para-hydroxylation sites is 1. The van der Waals surface area contributed by atoms with Crippen molar-refractivity contribution in [2.45, 2.75) is 12.5 Å². The fourth-order valence-electron chi connectivity index (χ4n) is 3.50. The van der Waals surface area contributed by atoms with E-state index in [1.165, 1.54) is 0 Å². The van der Waals surface area contributed by atoms with Gasteiger partial charge in [-0.3, -0.25) is 4.79 Å². The monoisotopic (exact) mass is 371 g/mol. The molecule has 0 radical (unpaired) electrons. The Hall–Kier alpha value is -3.67.